The smallest absolute Gasteiger partial charge is 0.215 e. The Labute approximate surface area is 120 Å². The molecule has 3 aromatic rings. The fourth-order valence-corrected chi connectivity index (χ4v) is 2.47. The molecule has 0 aliphatic carbocycles. The summed E-state index contributed by atoms with van der Waals surface area (Å²) in [5.74, 6) is -0.118. The highest BCUT2D eigenvalue weighted by Gasteiger charge is 2.22. The van der Waals surface area contributed by atoms with Gasteiger partial charge in [0.15, 0.2) is 5.69 Å². The van der Waals surface area contributed by atoms with E-state index in [0.29, 0.717) is 17.3 Å². The van der Waals surface area contributed by atoms with Gasteiger partial charge in [0.25, 0.3) is 0 Å². The summed E-state index contributed by atoms with van der Waals surface area (Å²) in [4.78, 5) is 16.7. The van der Waals surface area contributed by atoms with Crippen molar-refractivity contribution in [2.45, 2.75) is 6.04 Å². The second-order valence-corrected chi connectivity index (χ2v) is 5.13. The molecular weight excluding hydrogens is 266 g/mol. The summed E-state index contributed by atoms with van der Waals surface area (Å²) in [5.41, 5.74) is 0.984. The lowest BCUT2D eigenvalue weighted by atomic mass is 10.0. The number of benzene rings is 1. The molecule has 104 valence electrons. The lowest BCUT2D eigenvalue weighted by Crippen LogP contribution is -2.43. The lowest BCUT2D eigenvalue weighted by molar-refractivity contribution is 0.103. The summed E-state index contributed by atoms with van der Waals surface area (Å²) in [6.45, 7) is 1.74. The van der Waals surface area contributed by atoms with E-state index in [4.69, 9.17) is 0 Å². The van der Waals surface area contributed by atoms with Crippen LogP contribution in [0.4, 0.5) is 0 Å². The normalized spacial score (nSPS) is 15.0. The number of pyridine rings is 1. The van der Waals surface area contributed by atoms with Gasteiger partial charge in [-0.25, -0.2) is 4.68 Å². The molecule has 2 aromatic heterocycles. The number of aromatic nitrogens is 4. The molecule has 1 N–H and O–H groups in total. The van der Waals surface area contributed by atoms with Gasteiger partial charge in [-0.2, -0.15) is 0 Å². The first-order valence-corrected chi connectivity index (χ1v) is 6.83. The quantitative estimate of drug-likeness (QED) is 0.729. The number of carbonyl (C=O) groups is 1. The van der Waals surface area contributed by atoms with Gasteiger partial charge in [-0.3, -0.25) is 9.78 Å². The Hall–Kier alpha value is -2.60. The minimum atomic E-state index is -0.118. The number of carbonyl (C=O) groups excluding carboxylic acids is 1. The van der Waals surface area contributed by atoms with Crippen molar-refractivity contribution < 1.29 is 4.79 Å². The van der Waals surface area contributed by atoms with Crippen LogP contribution in [0.5, 0.6) is 0 Å². The third-order valence-electron chi connectivity index (χ3n) is 3.81. The standard InChI is InChI=1S/C15H13N5O/c21-15(14-9-20(19-18-14)11-6-17-7-11)12-3-1-2-10-4-5-16-8-13(10)12/h1-5,8-9,11,17H,6-7H2. The number of nitrogens with zero attached hydrogens (tertiary/aromatic N) is 4. The predicted molar refractivity (Wildman–Crippen MR) is 77.1 cm³/mol. The van der Waals surface area contributed by atoms with Gasteiger partial charge >= 0.3 is 0 Å². The Bertz CT molecular complexity index is 816. The zero-order valence-electron chi connectivity index (χ0n) is 11.2. The summed E-state index contributed by atoms with van der Waals surface area (Å²) in [6, 6.07) is 7.83. The molecule has 4 rings (SSSR count). The largest absolute Gasteiger partial charge is 0.312 e. The zero-order chi connectivity index (χ0) is 14.2. The Balaban J connectivity index is 1.74. The molecule has 1 saturated heterocycles. The number of hydrogen-bond donors (Lipinski definition) is 1. The maximum absolute atomic E-state index is 12.6. The van der Waals surface area contributed by atoms with Crippen LogP contribution in [0.1, 0.15) is 22.1 Å². The van der Waals surface area contributed by atoms with E-state index in [-0.39, 0.29) is 5.78 Å². The summed E-state index contributed by atoms with van der Waals surface area (Å²) < 4.78 is 1.76. The Kier molecular flexibility index (Phi) is 2.75. The maximum Gasteiger partial charge on any atom is 0.215 e. The monoisotopic (exact) mass is 279 g/mol. The highest BCUT2D eigenvalue weighted by atomic mass is 16.1. The molecule has 0 spiro atoms. The summed E-state index contributed by atoms with van der Waals surface area (Å²) in [5, 5.41) is 13.1. The van der Waals surface area contributed by atoms with Crippen molar-refractivity contribution in [2.75, 3.05) is 13.1 Å². The van der Waals surface area contributed by atoms with E-state index in [1.807, 2.05) is 18.2 Å². The Morgan fingerprint density at radius 3 is 3.00 bits per heavy atom. The van der Waals surface area contributed by atoms with Crippen molar-refractivity contribution in [2.24, 2.45) is 0 Å². The van der Waals surface area contributed by atoms with Crippen molar-refractivity contribution in [3.05, 3.63) is 54.1 Å². The van der Waals surface area contributed by atoms with Crippen molar-refractivity contribution in [3.8, 4) is 0 Å². The van der Waals surface area contributed by atoms with Crippen LogP contribution in [0, 0.1) is 0 Å². The molecule has 1 aliphatic heterocycles. The summed E-state index contributed by atoms with van der Waals surface area (Å²) in [7, 11) is 0. The van der Waals surface area contributed by atoms with Gasteiger partial charge in [0.2, 0.25) is 5.78 Å². The van der Waals surface area contributed by atoms with Crippen molar-refractivity contribution >= 4 is 16.6 Å². The fraction of sp³-hybridized carbons (Fsp3) is 0.200. The number of ketones is 1. The van der Waals surface area contributed by atoms with Crippen LogP contribution in [0.2, 0.25) is 0 Å². The van der Waals surface area contributed by atoms with Gasteiger partial charge < -0.3 is 5.32 Å². The lowest BCUT2D eigenvalue weighted by Gasteiger charge is -2.26. The molecular formula is C15H13N5O. The first-order chi connectivity index (χ1) is 10.3. The third-order valence-corrected chi connectivity index (χ3v) is 3.81. The van der Waals surface area contributed by atoms with E-state index < -0.39 is 0 Å². The molecule has 21 heavy (non-hydrogen) atoms. The van der Waals surface area contributed by atoms with Crippen LogP contribution in [-0.4, -0.2) is 38.9 Å². The molecule has 1 fully saturated rings. The van der Waals surface area contributed by atoms with E-state index >= 15 is 0 Å². The minimum Gasteiger partial charge on any atom is -0.312 e. The van der Waals surface area contributed by atoms with Crippen LogP contribution in [0.15, 0.2) is 42.9 Å². The van der Waals surface area contributed by atoms with Crippen molar-refractivity contribution in [3.63, 3.8) is 0 Å². The van der Waals surface area contributed by atoms with E-state index in [2.05, 4.69) is 20.6 Å². The Morgan fingerprint density at radius 1 is 1.29 bits per heavy atom. The zero-order valence-corrected chi connectivity index (χ0v) is 11.2. The average Bonchev–Trinajstić information content (AvgIpc) is 2.93. The highest BCUT2D eigenvalue weighted by Crippen LogP contribution is 2.20. The summed E-state index contributed by atoms with van der Waals surface area (Å²) in [6.07, 6.45) is 5.16. The average molecular weight is 279 g/mol. The minimum absolute atomic E-state index is 0.118. The molecule has 0 atom stereocenters. The van der Waals surface area contributed by atoms with E-state index in [1.54, 1.807) is 29.3 Å². The van der Waals surface area contributed by atoms with Gasteiger partial charge in [-0.05, 0) is 11.5 Å². The Morgan fingerprint density at radius 2 is 2.19 bits per heavy atom. The first-order valence-electron chi connectivity index (χ1n) is 6.83. The molecule has 6 nitrogen and oxygen atoms in total. The molecule has 1 aromatic carbocycles. The third kappa shape index (κ3) is 2.00. The SMILES string of the molecule is O=C(c1cn(C2CNC2)nn1)c1cccc2ccncc12. The van der Waals surface area contributed by atoms with E-state index in [1.165, 1.54) is 0 Å². The van der Waals surface area contributed by atoms with Crippen molar-refractivity contribution in [1.82, 2.24) is 25.3 Å². The number of fused-ring (bicyclic) bond motifs is 1. The van der Waals surface area contributed by atoms with Crippen LogP contribution in [-0.2, 0) is 0 Å². The van der Waals surface area contributed by atoms with Gasteiger partial charge in [-0.15, -0.1) is 5.10 Å². The number of rotatable bonds is 3. The van der Waals surface area contributed by atoms with E-state index in [0.717, 1.165) is 23.9 Å². The maximum atomic E-state index is 12.6. The number of hydrogen-bond acceptors (Lipinski definition) is 5. The molecule has 0 unspecified atom stereocenters. The van der Waals surface area contributed by atoms with Crippen molar-refractivity contribution in [1.29, 1.82) is 0 Å². The molecule has 3 heterocycles. The molecule has 0 saturated carbocycles. The van der Waals surface area contributed by atoms with Crippen LogP contribution >= 0.6 is 0 Å². The van der Waals surface area contributed by atoms with Gasteiger partial charge in [0.1, 0.15) is 0 Å². The molecule has 0 amide bonds. The first kappa shape index (κ1) is 12.2. The van der Waals surface area contributed by atoms with Gasteiger partial charge in [0.05, 0.1) is 12.2 Å². The van der Waals surface area contributed by atoms with Crippen LogP contribution in [0.25, 0.3) is 10.8 Å². The van der Waals surface area contributed by atoms with Gasteiger partial charge in [-0.1, -0.05) is 23.4 Å². The molecule has 0 bridgehead atoms. The fourth-order valence-electron chi connectivity index (χ4n) is 2.47. The van der Waals surface area contributed by atoms with Crippen LogP contribution < -0.4 is 5.32 Å². The summed E-state index contributed by atoms with van der Waals surface area (Å²) >= 11 is 0. The predicted octanol–water partition coefficient (Wildman–Crippen LogP) is 1.20. The second-order valence-electron chi connectivity index (χ2n) is 5.13. The topological polar surface area (TPSA) is 72.7 Å². The highest BCUT2D eigenvalue weighted by molar-refractivity contribution is 6.15. The van der Waals surface area contributed by atoms with E-state index in [9.17, 15) is 4.79 Å². The molecule has 1 aliphatic rings. The van der Waals surface area contributed by atoms with Gasteiger partial charge in [0, 0.05) is 36.4 Å². The molecule has 6 heteroatoms. The van der Waals surface area contributed by atoms with Crippen LogP contribution in [0.3, 0.4) is 0 Å². The second kappa shape index (κ2) is 4.75. The molecule has 0 radical (unpaired) electrons. The number of nitrogens with one attached hydrogen (secondary N) is 1.